The Bertz CT molecular complexity index is 480. The maximum absolute atomic E-state index is 13.6. The van der Waals surface area contributed by atoms with Crippen LogP contribution in [-0.2, 0) is 0 Å². The number of phenolic OH excluding ortho intramolecular Hbond substituents is 1. The van der Waals surface area contributed by atoms with Crippen molar-refractivity contribution in [2.45, 2.75) is 18.9 Å². The number of rotatable bonds is 3. The molecule has 7 heteroatoms. The first-order chi connectivity index (χ1) is 9.16. The highest BCUT2D eigenvalue weighted by Gasteiger charge is 2.38. The van der Waals surface area contributed by atoms with E-state index < -0.39 is 0 Å². The minimum absolute atomic E-state index is 0. The van der Waals surface area contributed by atoms with E-state index in [0.29, 0.717) is 11.5 Å². The Balaban J connectivity index is 0.00000110. The molecule has 1 aromatic rings. The lowest BCUT2D eigenvalue weighted by Gasteiger charge is -2.35. The van der Waals surface area contributed by atoms with Gasteiger partial charge in [-0.2, -0.15) is 0 Å². The van der Waals surface area contributed by atoms with E-state index in [2.05, 4.69) is 10.2 Å². The van der Waals surface area contributed by atoms with Crippen LogP contribution in [0.2, 0.25) is 0 Å². The Kier molecular flexibility index (Phi) is 6.53. The largest absolute Gasteiger partial charge is 0.505 e. The molecule has 2 fully saturated rings. The molecule has 0 spiro atoms. The summed E-state index contributed by atoms with van der Waals surface area (Å²) in [5.74, 6) is 0.202. The van der Waals surface area contributed by atoms with Gasteiger partial charge in [0.05, 0.1) is 5.69 Å². The fourth-order valence-electron chi connectivity index (χ4n) is 2.99. The Labute approximate surface area is 136 Å². The fourth-order valence-corrected chi connectivity index (χ4v) is 2.99. The number of halogens is 3. The second kappa shape index (κ2) is 7.49. The first-order valence-electron chi connectivity index (χ1n) is 6.89. The van der Waals surface area contributed by atoms with Crippen molar-refractivity contribution in [1.29, 1.82) is 0 Å². The van der Waals surface area contributed by atoms with Gasteiger partial charge in [-0.15, -0.1) is 24.8 Å². The summed E-state index contributed by atoms with van der Waals surface area (Å²) in [5.41, 5.74) is 6.48. The van der Waals surface area contributed by atoms with Crippen molar-refractivity contribution in [2.24, 2.45) is 5.92 Å². The summed E-state index contributed by atoms with van der Waals surface area (Å²) >= 11 is 0. The molecule has 120 valence electrons. The number of piperazine rings is 1. The monoisotopic (exact) mass is 337 g/mol. The number of phenols is 1. The molecule has 1 atom stereocenters. The highest BCUT2D eigenvalue weighted by atomic mass is 35.5. The van der Waals surface area contributed by atoms with E-state index in [9.17, 15) is 9.50 Å². The average molecular weight is 338 g/mol. The minimum Gasteiger partial charge on any atom is -0.505 e. The van der Waals surface area contributed by atoms with Crippen LogP contribution < -0.4 is 11.1 Å². The number of benzene rings is 1. The van der Waals surface area contributed by atoms with Gasteiger partial charge in [-0.25, -0.2) is 4.39 Å². The first-order valence-corrected chi connectivity index (χ1v) is 6.89. The molecule has 0 aromatic heterocycles. The van der Waals surface area contributed by atoms with Gasteiger partial charge in [0.25, 0.3) is 0 Å². The van der Waals surface area contributed by atoms with Gasteiger partial charge in [0.15, 0.2) is 0 Å². The van der Waals surface area contributed by atoms with Gasteiger partial charge in [0.1, 0.15) is 11.6 Å². The van der Waals surface area contributed by atoms with Crippen LogP contribution in [0.5, 0.6) is 5.75 Å². The zero-order valence-corrected chi connectivity index (χ0v) is 13.4. The van der Waals surface area contributed by atoms with Gasteiger partial charge in [-0.05, 0) is 24.8 Å². The molecule has 1 saturated carbocycles. The SMILES string of the molecule is Cl.Cl.Nc1cc(F)cc([C@@H](C2CC2)N2CCNCC2)c1O. The average Bonchev–Trinajstić information content (AvgIpc) is 3.21. The van der Waals surface area contributed by atoms with Gasteiger partial charge in [-0.3, -0.25) is 4.90 Å². The number of anilines is 1. The van der Waals surface area contributed by atoms with Gasteiger partial charge in [0.2, 0.25) is 0 Å². The Morgan fingerprint density at radius 3 is 2.43 bits per heavy atom. The number of nitrogens with one attached hydrogen (secondary N) is 1. The predicted octanol–water partition coefficient (Wildman–Crippen LogP) is 2.31. The quantitative estimate of drug-likeness (QED) is 0.585. The highest BCUT2D eigenvalue weighted by Crippen LogP contribution is 2.48. The molecule has 0 radical (unpaired) electrons. The van der Waals surface area contributed by atoms with E-state index in [0.717, 1.165) is 39.0 Å². The first kappa shape index (κ1) is 18.3. The van der Waals surface area contributed by atoms with Crippen molar-refractivity contribution in [2.75, 3.05) is 31.9 Å². The van der Waals surface area contributed by atoms with Gasteiger partial charge >= 0.3 is 0 Å². The van der Waals surface area contributed by atoms with Crippen molar-refractivity contribution in [3.05, 3.63) is 23.5 Å². The van der Waals surface area contributed by atoms with Crippen molar-refractivity contribution < 1.29 is 9.50 Å². The summed E-state index contributed by atoms with van der Waals surface area (Å²) in [6.45, 7) is 3.73. The van der Waals surface area contributed by atoms with Crippen LogP contribution in [-0.4, -0.2) is 36.2 Å². The summed E-state index contributed by atoms with van der Waals surface area (Å²) in [5, 5.41) is 13.5. The molecule has 1 aliphatic heterocycles. The zero-order valence-electron chi connectivity index (χ0n) is 11.7. The maximum atomic E-state index is 13.6. The van der Waals surface area contributed by atoms with E-state index in [-0.39, 0.29) is 48.1 Å². The fraction of sp³-hybridized carbons (Fsp3) is 0.571. The molecule has 1 heterocycles. The lowest BCUT2D eigenvalue weighted by Crippen LogP contribution is -2.45. The Morgan fingerprint density at radius 1 is 1.24 bits per heavy atom. The third-order valence-corrected chi connectivity index (χ3v) is 4.07. The van der Waals surface area contributed by atoms with Crippen molar-refractivity contribution in [1.82, 2.24) is 10.2 Å². The van der Waals surface area contributed by atoms with Crippen LogP contribution in [0.25, 0.3) is 0 Å². The molecule has 4 N–H and O–H groups in total. The maximum Gasteiger partial charge on any atom is 0.143 e. The van der Waals surface area contributed by atoms with E-state index in [1.165, 1.54) is 12.1 Å². The summed E-state index contributed by atoms with van der Waals surface area (Å²) in [6.07, 6.45) is 2.29. The summed E-state index contributed by atoms with van der Waals surface area (Å²) < 4.78 is 13.6. The van der Waals surface area contributed by atoms with Crippen LogP contribution in [0.3, 0.4) is 0 Å². The number of nitrogens with zero attached hydrogens (tertiary/aromatic N) is 1. The van der Waals surface area contributed by atoms with E-state index >= 15 is 0 Å². The van der Waals surface area contributed by atoms with Crippen LogP contribution in [0.4, 0.5) is 10.1 Å². The third-order valence-electron chi connectivity index (χ3n) is 4.07. The van der Waals surface area contributed by atoms with E-state index in [4.69, 9.17) is 5.73 Å². The molecular weight excluding hydrogens is 316 g/mol. The van der Waals surface area contributed by atoms with Crippen LogP contribution in [0.15, 0.2) is 12.1 Å². The smallest absolute Gasteiger partial charge is 0.143 e. The number of hydrogen-bond acceptors (Lipinski definition) is 4. The van der Waals surface area contributed by atoms with E-state index in [1.807, 2.05) is 0 Å². The molecule has 1 aliphatic carbocycles. The molecule has 1 saturated heterocycles. The molecule has 0 unspecified atom stereocenters. The van der Waals surface area contributed by atoms with Crippen molar-refractivity contribution in [3.63, 3.8) is 0 Å². The van der Waals surface area contributed by atoms with Crippen molar-refractivity contribution >= 4 is 30.5 Å². The molecule has 0 amide bonds. The van der Waals surface area contributed by atoms with Gasteiger partial charge < -0.3 is 16.2 Å². The Hall–Kier alpha value is -0.750. The third kappa shape index (κ3) is 3.92. The Morgan fingerprint density at radius 2 is 1.86 bits per heavy atom. The molecule has 4 nitrogen and oxygen atoms in total. The lowest BCUT2D eigenvalue weighted by molar-refractivity contribution is 0.153. The number of nitrogen functional groups attached to an aromatic ring is 1. The second-order valence-corrected chi connectivity index (χ2v) is 5.50. The van der Waals surface area contributed by atoms with E-state index in [1.54, 1.807) is 0 Å². The predicted molar refractivity (Wildman–Crippen MR) is 86.9 cm³/mol. The summed E-state index contributed by atoms with van der Waals surface area (Å²) in [4.78, 5) is 2.34. The lowest BCUT2D eigenvalue weighted by atomic mass is 9.98. The highest BCUT2D eigenvalue weighted by molar-refractivity contribution is 5.85. The standard InChI is InChI=1S/C14H20FN3O.2ClH/c15-10-7-11(14(19)12(16)8-10)13(9-1-2-9)18-5-3-17-4-6-18;;/h7-9,13,17,19H,1-6,16H2;2*1H/t13-;;/m1../s1. The topological polar surface area (TPSA) is 61.5 Å². The van der Waals surface area contributed by atoms with Crippen LogP contribution in [0, 0.1) is 11.7 Å². The summed E-state index contributed by atoms with van der Waals surface area (Å²) in [7, 11) is 0. The molecule has 0 bridgehead atoms. The number of aromatic hydroxyl groups is 1. The number of hydrogen-bond donors (Lipinski definition) is 3. The normalized spacial score (nSPS) is 20.2. The molecular formula is C14H22Cl2FN3O. The van der Waals surface area contributed by atoms with Crippen molar-refractivity contribution in [3.8, 4) is 5.75 Å². The van der Waals surface area contributed by atoms with Gasteiger partial charge in [0, 0.05) is 43.9 Å². The van der Waals surface area contributed by atoms with Crippen LogP contribution >= 0.6 is 24.8 Å². The molecule has 21 heavy (non-hydrogen) atoms. The zero-order chi connectivity index (χ0) is 13.4. The number of nitrogens with two attached hydrogens (primary N) is 1. The molecule has 3 rings (SSSR count). The van der Waals surface area contributed by atoms with Gasteiger partial charge in [-0.1, -0.05) is 0 Å². The minimum atomic E-state index is -0.369. The van der Waals surface area contributed by atoms with Crippen LogP contribution in [0.1, 0.15) is 24.4 Å². The molecule has 2 aliphatic rings. The molecule has 1 aromatic carbocycles. The summed E-state index contributed by atoms with van der Waals surface area (Å²) in [6, 6.07) is 2.72. The second-order valence-electron chi connectivity index (χ2n) is 5.50.